The molecular weight excluding hydrogens is 370 g/mol. The first-order valence-electron chi connectivity index (χ1n) is 9.48. The molecule has 0 bridgehead atoms. The molecule has 0 atom stereocenters. The molecule has 29 heavy (non-hydrogen) atoms. The van der Waals surface area contributed by atoms with E-state index in [-0.39, 0.29) is 0 Å². The SMILES string of the molecule is CCn1c(-c2ccc(OC(=O)N(C)CCOC)cc2)c(N)c2ccc(OC)cc21. The van der Waals surface area contributed by atoms with Gasteiger partial charge in [0.1, 0.15) is 11.5 Å². The van der Waals surface area contributed by atoms with Gasteiger partial charge in [0, 0.05) is 44.3 Å². The van der Waals surface area contributed by atoms with Crippen LogP contribution in [0, 0.1) is 0 Å². The number of hydrogen-bond donors (Lipinski definition) is 1. The van der Waals surface area contributed by atoms with Crippen LogP contribution in [0.5, 0.6) is 11.5 Å². The Balaban J connectivity index is 1.89. The molecule has 0 spiro atoms. The smallest absolute Gasteiger partial charge is 0.415 e. The summed E-state index contributed by atoms with van der Waals surface area (Å²) < 4.78 is 17.9. The fourth-order valence-electron chi connectivity index (χ4n) is 3.30. The maximum Gasteiger partial charge on any atom is 0.415 e. The van der Waals surface area contributed by atoms with E-state index in [9.17, 15) is 4.79 Å². The average molecular weight is 397 g/mol. The molecule has 0 aliphatic carbocycles. The lowest BCUT2D eigenvalue weighted by Crippen LogP contribution is -2.32. The molecule has 0 aliphatic rings. The highest BCUT2D eigenvalue weighted by molar-refractivity contribution is 6.01. The molecule has 7 nitrogen and oxygen atoms in total. The van der Waals surface area contributed by atoms with Crippen molar-refractivity contribution in [2.75, 3.05) is 40.2 Å². The van der Waals surface area contributed by atoms with Gasteiger partial charge in [0.25, 0.3) is 0 Å². The van der Waals surface area contributed by atoms with Crippen molar-refractivity contribution in [2.45, 2.75) is 13.5 Å². The third-order valence-corrected chi connectivity index (χ3v) is 4.90. The topological polar surface area (TPSA) is 79.0 Å². The first kappa shape index (κ1) is 20.5. The number of nitrogen functional groups attached to an aromatic ring is 1. The molecule has 154 valence electrons. The number of fused-ring (bicyclic) bond motifs is 1. The van der Waals surface area contributed by atoms with Crippen LogP contribution in [-0.2, 0) is 11.3 Å². The first-order chi connectivity index (χ1) is 14.0. The number of rotatable bonds is 7. The van der Waals surface area contributed by atoms with Gasteiger partial charge in [0.2, 0.25) is 0 Å². The predicted octanol–water partition coefficient (Wildman–Crippen LogP) is 4.00. The molecule has 0 fully saturated rings. The van der Waals surface area contributed by atoms with E-state index >= 15 is 0 Å². The number of anilines is 1. The molecule has 0 saturated heterocycles. The summed E-state index contributed by atoms with van der Waals surface area (Å²) in [5.41, 5.74) is 10.1. The Morgan fingerprint density at radius 2 is 1.79 bits per heavy atom. The van der Waals surface area contributed by atoms with Crippen LogP contribution < -0.4 is 15.2 Å². The van der Waals surface area contributed by atoms with Crippen LogP contribution in [-0.4, -0.2) is 50.0 Å². The average Bonchev–Trinajstić information content (AvgIpc) is 3.03. The molecule has 3 rings (SSSR count). The van der Waals surface area contributed by atoms with E-state index in [4.69, 9.17) is 19.9 Å². The molecule has 1 aromatic heterocycles. The second-order valence-corrected chi connectivity index (χ2v) is 6.70. The third-order valence-electron chi connectivity index (χ3n) is 4.90. The number of methoxy groups -OCH3 is 2. The molecular formula is C22H27N3O4. The minimum Gasteiger partial charge on any atom is -0.497 e. The number of ether oxygens (including phenoxy) is 3. The summed E-state index contributed by atoms with van der Waals surface area (Å²) in [5.74, 6) is 1.26. The van der Waals surface area contributed by atoms with E-state index in [0.717, 1.165) is 34.5 Å². The Hall–Kier alpha value is -3.19. The fourth-order valence-corrected chi connectivity index (χ4v) is 3.30. The highest BCUT2D eigenvalue weighted by Crippen LogP contribution is 2.38. The Labute approximate surface area is 170 Å². The van der Waals surface area contributed by atoms with Crippen molar-refractivity contribution >= 4 is 22.7 Å². The summed E-state index contributed by atoms with van der Waals surface area (Å²) >= 11 is 0. The van der Waals surface area contributed by atoms with E-state index in [1.165, 1.54) is 4.90 Å². The number of aryl methyl sites for hydroxylation is 1. The molecule has 0 radical (unpaired) electrons. The van der Waals surface area contributed by atoms with Gasteiger partial charge in [-0.2, -0.15) is 0 Å². The first-order valence-corrected chi connectivity index (χ1v) is 9.48. The van der Waals surface area contributed by atoms with Crippen LogP contribution in [0.3, 0.4) is 0 Å². The molecule has 2 N–H and O–H groups in total. The molecule has 3 aromatic rings. The van der Waals surface area contributed by atoms with Crippen LogP contribution in [0.4, 0.5) is 10.5 Å². The molecule has 1 amide bonds. The minimum absolute atomic E-state index is 0.427. The third kappa shape index (κ3) is 4.14. The highest BCUT2D eigenvalue weighted by atomic mass is 16.6. The Bertz CT molecular complexity index is 995. The number of carbonyl (C=O) groups is 1. The van der Waals surface area contributed by atoms with Crippen molar-refractivity contribution in [3.63, 3.8) is 0 Å². The summed E-state index contributed by atoms with van der Waals surface area (Å²) in [7, 11) is 4.91. The summed E-state index contributed by atoms with van der Waals surface area (Å²) in [4.78, 5) is 13.6. The number of nitrogens with two attached hydrogens (primary N) is 1. The zero-order chi connectivity index (χ0) is 21.0. The molecule has 0 unspecified atom stereocenters. The van der Waals surface area contributed by atoms with Crippen LogP contribution in [0.25, 0.3) is 22.2 Å². The lowest BCUT2D eigenvalue weighted by Gasteiger charge is -2.16. The summed E-state index contributed by atoms with van der Waals surface area (Å²) in [6, 6.07) is 13.2. The van der Waals surface area contributed by atoms with Crippen LogP contribution in [0.2, 0.25) is 0 Å². The van der Waals surface area contributed by atoms with Gasteiger partial charge in [-0.05, 0) is 43.3 Å². The van der Waals surface area contributed by atoms with Crippen LogP contribution in [0.15, 0.2) is 42.5 Å². The summed E-state index contributed by atoms with van der Waals surface area (Å²) in [6.45, 7) is 3.76. The van der Waals surface area contributed by atoms with Crippen molar-refractivity contribution in [3.05, 3.63) is 42.5 Å². The monoisotopic (exact) mass is 397 g/mol. The number of carbonyl (C=O) groups excluding carboxylic acids is 1. The summed E-state index contributed by atoms with van der Waals surface area (Å²) in [6.07, 6.45) is -0.427. The van der Waals surface area contributed by atoms with E-state index in [0.29, 0.717) is 24.6 Å². The van der Waals surface area contributed by atoms with Gasteiger partial charge in [0.05, 0.1) is 30.6 Å². The van der Waals surface area contributed by atoms with Crippen LogP contribution >= 0.6 is 0 Å². The van der Waals surface area contributed by atoms with Crippen molar-refractivity contribution in [1.82, 2.24) is 9.47 Å². The van der Waals surface area contributed by atoms with Gasteiger partial charge in [0.15, 0.2) is 0 Å². The molecule has 7 heteroatoms. The zero-order valence-corrected chi connectivity index (χ0v) is 17.3. The van der Waals surface area contributed by atoms with E-state index in [2.05, 4.69) is 11.5 Å². The minimum atomic E-state index is -0.427. The van der Waals surface area contributed by atoms with Gasteiger partial charge in [-0.25, -0.2) is 4.79 Å². The number of nitrogens with zero attached hydrogens (tertiary/aromatic N) is 2. The lowest BCUT2D eigenvalue weighted by atomic mass is 10.1. The number of amides is 1. The number of likely N-dealkylation sites (N-methyl/N-ethyl adjacent to an activating group) is 1. The van der Waals surface area contributed by atoms with Crippen molar-refractivity contribution in [2.24, 2.45) is 0 Å². The second kappa shape index (κ2) is 8.87. The van der Waals surface area contributed by atoms with Gasteiger partial charge in [-0.1, -0.05) is 0 Å². The normalized spacial score (nSPS) is 10.9. The van der Waals surface area contributed by atoms with Gasteiger partial charge in [-0.15, -0.1) is 0 Å². The van der Waals surface area contributed by atoms with Gasteiger partial charge < -0.3 is 29.4 Å². The second-order valence-electron chi connectivity index (χ2n) is 6.70. The van der Waals surface area contributed by atoms with Crippen molar-refractivity contribution in [1.29, 1.82) is 0 Å². The number of aromatic nitrogens is 1. The molecule has 1 heterocycles. The lowest BCUT2D eigenvalue weighted by molar-refractivity contribution is 0.135. The zero-order valence-electron chi connectivity index (χ0n) is 17.3. The van der Waals surface area contributed by atoms with Gasteiger partial charge in [-0.3, -0.25) is 0 Å². The van der Waals surface area contributed by atoms with Crippen molar-refractivity contribution in [3.8, 4) is 22.8 Å². The number of benzene rings is 2. The predicted molar refractivity (Wildman–Crippen MR) is 115 cm³/mol. The van der Waals surface area contributed by atoms with Crippen LogP contribution in [0.1, 0.15) is 6.92 Å². The Morgan fingerprint density at radius 1 is 1.10 bits per heavy atom. The van der Waals surface area contributed by atoms with E-state index in [1.54, 1.807) is 33.4 Å². The molecule has 0 saturated carbocycles. The molecule has 2 aromatic carbocycles. The fraction of sp³-hybridized carbons (Fsp3) is 0.318. The summed E-state index contributed by atoms with van der Waals surface area (Å²) in [5, 5.41) is 0.984. The Morgan fingerprint density at radius 3 is 2.41 bits per heavy atom. The molecule has 0 aliphatic heterocycles. The maximum absolute atomic E-state index is 12.1. The highest BCUT2D eigenvalue weighted by Gasteiger charge is 2.17. The standard InChI is InChI=1S/C22H27N3O4/c1-5-25-19-14-17(28-4)10-11-18(19)20(23)21(25)15-6-8-16(9-7-15)29-22(26)24(2)12-13-27-3/h6-11,14H,5,12-13,23H2,1-4H3. The largest absolute Gasteiger partial charge is 0.497 e. The van der Waals surface area contributed by atoms with E-state index < -0.39 is 6.09 Å². The Kier molecular flexibility index (Phi) is 6.29. The van der Waals surface area contributed by atoms with Gasteiger partial charge >= 0.3 is 6.09 Å². The van der Waals surface area contributed by atoms with E-state index in [1.807, 2.05) is 30.3 Å². The maximum atomic E-state index is 12.1. The quantitative estimate of drug-likeness (QED) is 0.652. The van der Waals surface area contributed by atoms with Crippen molar-refractivity contribution < 1.29 is 19.0 Å². The number of hydrogen-bond acceptors (Lipinski definition) is 5.